The second kappa shape index (κ2) is 7.59. The number of nitrogens with one attached hydrogen (secondary N) is 2. The first-order valence-corrected chi connectivity index (χ1v) is 8.46. The van der Waals surface area contributed by atoms with Crippen LogP contribution >= 0.6 is 0 Å². The Bertz CT molecular complexity index is 963. The minimum atomic E-state index is -4.13. The molecule has 130 valence electrons. The number of methoxy groups -OCH3 is 1. The van der Waals surface area contributed by atoms with Gasteiger partial charge in [0.1, 0.15) is 10.7 Å². The standard InChI is InChI=1S/C15H15N5O4S/c1-4-7-11-8-5-6-9-12(11)25(22,23)20-14(21)18-13-16-10(2)17-15(19-13)24-3/h5-6,8-9H,1-3H3,(H2,16,17,18,19,20,21). The largest absolute Gasteiger partial charge is 0.467 e. The molecule has 25 heavy (non-hydrogen) atoms. The Morgan fingerprint density at radius 1 is 1.20 bits per heavy atom. The summed E-state index contributed by atoms with van der Waals surface area (Å²) in [7, 11) is -2.77. The zero-order valence-electron chi connectivity index (χ0n) is 13.7. The molecule has 0 aliphatic rings. The summed E-state index contributed by atoms with van der Waals surface area (Å²) in [5, 5.41) is 2.23. The molecular weight excluding hydrogens is 346 g/mol. The molecule has 0 aliphatic heterocycles. The molecule has 1 heterocycles. The third kappa shape index (κ3) is 4.65. The van der Waals surface area contributed by atoms with Crippen molar-refractivity contribution in [1.29, 1.82) is 0 Å². The molecule has 0 spiro atoms. The van der Waals surface area contributed by atoms with Gasteiger partial charge in [0.25, 0.3) is 10.0 Å². The molecule has 2 aromatic rings. The summed E-state index contributed by atoms with van der Waals surface area (Å²) >= 11 is 0. The highest BCUT2D eigenvalue weighted by Gasteiger charge is 2.21. The van der Waals surface area contributed by atoms with E-state index >= 15 is 0 Å². The van der Waals surface area contributed by atoms with E-state index in [9.17, 15) is 13.2 Å². The fourth-order valence-corrected chi connectivity index (χ4v) is 2.92. The number of sulfonamides is 1. The molecule has 0 atom stereocenters. The van der Waals surface area contributed by atoms with E-state index in [0.717, 1.165) is 0 Å². The van der Waals surface area contributed by atoms with E-state index < -0.39 is 16.1 Å². The zero-order chi connectivity index (χ0) is 18.4. The third-order valence-corrected chi connectivity index (χ3v) is 4.19. The average Bonchev–Trinajstić information content (AvgIpc) is 2.54. The number of aromatic nitrogens is 3. The molecule has 2 N–H and O–H groups in total. The normalized spacial score (nSPS) is 10.4. The molecule has 0 aliphatic carbocycles. The van der Waals surface area contributed by atoms with Crippen LogP contribution in [0.3, 0.4) is 0 Å². The smallest absolute Gasteiger partial charge is 0.335 e. The number of anilines is 1. The predicted molar refractivity (Wildman–Crippen MR) is 89.5 cm³/mol. The van der Waals surface area contributed by atoms with Gasteiger partial charge in [-0.2, -0.15) is 15.0 Å². The fraction of sp³-hybridized carbons (Fsp3) is 0.200. The quantitative estimate of drug-likeness (QED) is 0.781. The van der Waals surface area contributed by atoms with Crippen molar-refractivity contribution in [3.8, 4) is 17.9 Å². The summed E-state index contributed by atoms with van der Waals surface area (Å²) in [5.74, 6) is 5.46. The first kappa shape index (κ1) is 18.2. The van der Waals surface area contributed by atoms with E-state index in [2.05, 4.69) is 32.1 Å². The number of urea groups is 1. The Morgan fingerprint density at radius 2 is 1.92 bits per heavy atom. The maximum Gasteiger partial charge on any atom is 0.335 e. The van der Waals surface area contributed by atoms with Gasteiger partial charge in [-0.05, 0) is 26.0 Å². The number of carbonyl (C=O) groups is 1. The van der Waals surface area contributed by atoms with Crippen molar-refractivity contribution in [3.05, 3.63) is 35.7 Å². The van der Waals surface area contributed by atoms with E-state index in [1.165, 1.54) is 19.2 Å². The van der Waals surface area contributed by atoms with Gasteiger partial charge in [-0.1, -0.05) is 18.1 Å². The van der Waals surface area contributed by atoms with Crippen LogP contribution in [0.15, 0.2) is 29.2 Å². The van der Waals surface area contributed by atoms with Crippen molar-refractivity contribution in [2.24, 2.45) is 0 Å². The molecule has 0 saturated carbocycles. The Hall–Kier alpha value is -3.19. The topological polar surface area (TPSA) is 123 Å². The lowest BCUT2D eigenvalue weighted by Gasteiger charge is -2.09. The van der Waals surface area contributed by atoms with Crippen LogP contribution in [-0.2, 0) is 10.0 Å². The lowest BCUT2D eigenvalue weighted by molar-refractivity contribution is 0.256. The minimum absolute atomic E-state index is 0.00535. The van der Waals surface area contributed by atoms with E-state index in [-0.39, 0.29) is 22.4 Å². The summed E-state index contributed by atoms with van der Waals surface area (Å²) in [5.41, 5.74) is 0.281. The van der Waals surface area contributed by atoms with E-state index in [4.69, 9.17) is 4.74 Å². The highest BCUT2D eigenvalue weighted by atomic mass is 32.2. The van der Waals surface area contributed by atoms with Gasteiger partial charge in [0.2, 0.25) is 5.95 Å². The lowest BCUT2D eigenvalue weighted by atomic mass is 10.2. The van der Waals surface area contributed by atoms with Crippen molar-refractivity contribution >= 4 is 22.0 Å². The molecule has 2 rings (SSSR count). The number of hydrogen-bond acceptors (Lipinski definition) is 7. The van der Waals surface area contributed by atoms with Crippen LogP contribution in [-0.4, -0.2) is 36.5 Å². The zero-order valence-corrected chi connectivity index (χ0v) is 14.5. The first-order chi connectivity index (χ1) is 11.9. The molecule has 0 fully saturated rings. The molecular formula is C15H15N5O4S. The predicted octanol–water partition coefficient (Wildman–Crippen LogP) is 1.07. The van der Waals surface area contributed by atoms with E-state index in [0.29, 0.717) is 5.82 Å². The summed E-state index contributed by atoms with van der Waals surface area (Å²) in [6.45, 7) is 3.16. The molecule has 0 radical (unpaired) electrons. The Labute approximate surface area is 144 Å². The monoisotopic (exact) mass is 361 g/mol. The van der Waals surface area contributed by atoms with Crippen LogP contribution in [0.2, 0.25) is 0 Å². The number of benzene rings is 1. The number of hydrogen-bond donors (Lipinski definition) is 2. The summed E-state index contributed by atoms with van der Waals surface area (Å²) < 4.78 is 31.6. The van der Waals surface area contributed by atoms with Gasteiger partial charge in [-0.25, -0.2) is 17.9 Å². The van der Waals surface area contributed by atoms with Crippen LogP contribution in [0.25, 0.3) is 0 Å². The molecule has 0 unspecified atom stereocenters. The van der Waals surface area contributed by atoms with Crippen molar-refractivity contribution in [3.63, 3.8) is 0 Å². The Morgan fingerprint density at radius 3 is 2.60 bits per heavy atom. The van der Waals surface area contributed by atoms with E-state index in [1.54, 1.807) is 26.0 Å². The highest BCUT2D eigenvalue weighted by Crippen LogP contribution is 2.14. The van der Waals surface area contributed by atoms with Gasteiger partial charge in [0.05, 0.1) is 7.11 Å². The van der Waals surface area contributed by atoms with Gasteiger partial charge in [-0.15, -0.1) is 5.92 Å². The maximum atomic E-state index is 12.4. The molecule has 1 aromatic heterocycles. The molecule has 9 nitrogen and oxygen atoms in total. The molecule has 2 amide bonds. The third-order valence-electron chi connectivity index (χ3n) is 2.80. The van der Waals surface area contributed by atoms with Gasteiger partial charge >= 0.3 is 12.0 Å². The molecule has 0 bridgehead atoms. The van der Waals surface area contributed by atoms with Gasteiger partial charge in [0, 0.05) is 5.56 Å². The Balaban J connectivity index is 2.22. The first-order valence-electron chi connectivity index (χ1n) is 6.98. The molecule has 1 aromatic carbocycles. The molecule has 10 heteroatoms. The lowest BCUT2D eigenvalue weighted by Crippen LogP contribution is -2.35. The summed E-state index contributed by atoms with van der Waals surface area (Å²) in [4.78, 5) is 23.4. The SMILES string of the molecule is CC#Cc1ccccc1S(=O)(=O)NC(=O)Nc1nc(C)nc(OC)n1. The average molecular weight is 361 g/mol. The van der Waals surface area contributed by atoms with Gasteiger partial charge in [-0.3, -0.25) is 5.32 Å². The number of rotatable bonds is 4. The van der Waals surface area contributed by atoms with E-state index in [1.807, 2.05) is 4.72 Å². The molecule has 0 saturated heterocycles. The summed E-state index contributed by atoms with van der Waals surface area (Å²) in [6, 6.07) is 5.06. The highest BCUT2D eigenvalue weighted by molar-refractivity contribution is 7.90. The van der Waals surface area contributed by atoms with Crippen molar-refractivity contribution in [2.75, 3.05) is 12.4 Å². The fourth-order valence-electron chi connectivity index (χ4n) is 1.85. The van der Waals surface area contributed by atoms with Crippen LogP contribution in [0.5, 0.6) is 6.01 Å². The number of carbonyl (C=O) groups excluding carboxylic acids is 1. The number of aryl methyl sites for hydroxylation is 1. The van der Waals surface area contributed by atoms with Crippen molar-refractivity contribution < 1.29 is 17.9 Å². The van der Waals surface area contributed by atoms with Crippen LogP contribution in [0.1, 0.15) is 18.3 Å². The Kier molecular flexibility index (Phi) is 5.51. The maximum absolute atomic E-state index is 12.4. The number of amides is 2. The van der Waals surface area contributed by atoms with Gasteiger partial charge < -0.3 is 4.74 Å². The van der Waals surface area contributed by atoms with Crippen LogP contribution in [0.4, 0.5) is 10.7 Å². The second-order valence-corrected chi connectivity index (χ2v) is 6.27. The van der Waals surface area contributed by atoms with Crippen LogP contribution < -0.4 is 14.8 Å². The minimum Gasteiger partial charge on any atom is -0.467 e. The van der Waals surface area contributed by atoms with Crippen molar-refractivity contribution in [1.82, 2.24) is 19.7 Å². The van der Waals surface area contributed by atoms with Gasteiger partial charge in [0.15, 0.2) is 0 Å². The van der Waals surface area contributed by atoms with Crippen molar-refractivity contribution in [2.45, 2.75) is 18.7 Å². The summed E-state index contributed by atoms with van der Waals surface area (Å²) in [6.07, 6.45) is 0. The number of ether oxygens (including phenoxy) is 1. The number of nitrogens with zero attached hydrogens (tertiary/aromatic N) is 3. The second-order valence-electron chi connectivity index (χ2n) is 4.62. The van der Waals surface area contributed by atoms with Crippen LogP contribution in [0, 0.1) is 18.8 Å².